The predicted molar refractivity (Wildman–Crippen MR) is 134 cm³/mol. The monoisotopic (exact) mass is 522 g/mol. The van der Waals surface area contributed by atoms with E-state index >= 15 is 0 Å². The van der Waals surface area contributed by atoms with Crippen LogP contribution in [0.5, 0.6) is 0 Å². The first-order chi connectivity index (χ1) is 18.0. The predicted octanol–water partition coefficient (Wildman–Crippen LogP) is 3.62. The minimum Gasteiger partial charge on any atom is -0.460 e. The third-order valence-corrected chi connectivity index (χ3v) is 6.16. The maximum atomic E-state index is 12.8. The molecule has 2 aliphatic rings. The Hall–Kier alpha value is -4.21. The summed E-state index contributed by atoms with van der Waals surface area (Å²) in [4.78, 5) is 66.5. The molecule has 1 saturated heterocycles. The van der Waals surface area contributed by atoms with Gasteiger partial charge in [-0.15, -0.1) is 5.06 Å². The molecule has 10 nitrogen and oxygen atoms in total. The molecule has 1 fully saturated rings. The van der Waals surface area contributed by atoms with Crippen molar-refractivity contribution in [3.63, 3.8) is 0 Å². The second kappa shape index (κ2) is 11.0. The van der Waals surface area contributed by atoms with Gasteiger partial charge in [-0.25, -0.2) is 9.59 Å². The number of esters is 1. The number of imide groups is 1. The molecule has 0 radical (unpaired) electrons. The fourth-order valence-corrected chi connectivity index (χ4v) is 4.50. The van der Waals surface area contributed by atoms with Gasteiger partial charge in [0, 0.05) is 25.2 Å². The van der Waals surface area contributed by atoms with Crippen LogP contribution in [-0.2, 0) is 33.5 Å². The number of carbonyl (C=O) groups excluding carboxylic acids is 5. The van der Waals surface area contributed by atoms with E-state index in [4.69, 9.17) is 14.3 Å². The van der Waals surface area contributed by atoms with Crippen LogP contribution in [-0.4, -0.2) is 53.2 Å². The summed E-state index contributed by atoms with van der Waals surface area (Å²) in [5, 5.41) is 2.81. The van der Waals surface area contributed by atoms with E-state index in [1.54, 1.807) is 20.8 Å². The number of fused-ring (bicyclic) bond motifs is 3. The molecule has 200 valence electrons. The van der Waals surface area contributed by atoms with Gasteiger partial charge < -0.3 is 19.6 Å². The number of ether oxygens (including phenoxy) is 2. The molecule has 4 rings (SSSR count). The fourth-order valence-electron chi connectivity index (χ4n) is 4.50. The van der Waals surface area contributed by atoms with Crippen molar-refractivity contribution in [2.24, 2.45) is 0 Å². The summed E-state index contributed by atoms with van der Waals surface area (Å²) in [6.45, 7) is 5.12. The van der Waals surface area contributed by atoms with Gasteiger partial charge in [-0.3, -0.25) is 14.4 Å². The highest BCUT2D eigenvalue weighted by molar-refractivity contribution is 6.02. The quantitative estimate of drug-likeness (QED) is 0.411. The van der Waals surface area contributed by atoms with Crippen LogP contribution >= 0.6 is 0 Å². The van der Waals surface area contributed by atoms with Gasteiger partial charge >= 0.3 is 18.0 Å². The number of amides is 3. The SMILES string of the molecule is CC(C)(C)OC(=O)CC[C@@H](NC(=O)OCC1c2ccccc2-c2ccccc21)C(=O)ON1C(=O)CCC1=O. The number of hydrogen-bond donors (Lipinski definition) is 1. The highest BCUT2D eigenvalue weighted by Crippen LogP contribution is 2.44. The summed E-state index contributed by atoms with van der Waals surface area (Å²) in [7, 11) is 0. The number of hydroxylamine groups is 2. The highest BCUT2D eigenvalue weighted by Gasteiger charge is 2.36. The van der Waals surface area contributed by atoms with Crippen molar-refractivity contribution in [3.8, 4) is 11.1 Å². The van der Waals surface area contributed by atoms with Crippen molar-refractivity contribution >= 4 is 29.8 Å². The van der Waals surface area contributed by atoms with Crippen molar-refractivity contribution in [2.75, 3.05) is 6.61 Å². The minimum absolute atomic E-state index is 0.0107. The average Bonchev–Trinajstić information content (AvgIpc) is 3.36. The molecule has 0 saturated carbocycles. The maximum Gasteiger partial charge on any atom is 0.407 e. The average molecular weight is 523 g/mol. The van der Waals surface area contributed by atoms with E-state index in [1.165, 1.54) is 0 Å². The maximum absolute atomic E-state index is 12.8. The summed E-state index contributed by atoms with van der Waals surface area (Å²) in [6, 6.07) is 14.3. The molecule has 2 aromatic carbocycles. The van der Waals surface area contributed by atoms with Crippen molar-refractivity contribution in [1.29, 1.82) is 0 Å². The van der Waals surface area contributed by atoms with Crippen LogP contribution in [0.3, 0.4) is 0 Å². The zero-order chi connectivity index (χ0) is 27.4. The van der Waals surface area contributed by atoms with Crippen LogP contribution in [0, 0.1) is 0 Å². The largest absolute Gasteiger partial charge is 0.460 e. The van der Waals surface area contributed by atoms with Crippen LogP contribution in [0.2, 0.25) is 0 Å². The summed E-state index contributed by atoms with van der Waals surface area (Å²) < 4.78 is 10.8. The Morgan fingerprint density at radius 2 is 1.50 bits per heavy atom. The summed E-state index contributed by atoms with van der Waals surface area (Å²) in [6.07, 6.45) is -1.46. The van der Waals surface area contributed by atoms with Crippen molar-refractivity contribution in [1.82, 2.24) is 10.4 Å². The van der Waals surface area contributed by atoms with E-state index in [2.05, 4.69) is 5.32 Å². The Bertz CT molecular complexity index is 1200. The van der Waals surface area contributed by atoms with Crippen molar-refractivity contribution in [2.45, 2.75) is 64.0 Å². The van der Waals surface area contributed by atoms with E-state index in [-0.39, 0.29) is 38.2 Å². The van der Waals surface area contributed by atoms with Gasteiger partial charge in [-0.1, -0.05) is 48.5 Å². The molecule has 38 heavy (non-hydrogen) atoms. The zero-order valence-electron chi connectivity index (χ0n) is 21.5. The van der Waals surface area contributed by atoms with Gasteiger partial charge in [0.15, 0.2) is 0 Å². The Morgan fingerprint density at radius 1 is 0.947 bits per heavy atom. The number of nitrogens with one attached hydrogen (secondary N) is 1. The number of rotatable bonds is 8. The number of carbonyl (C=O) groups is 5. The van der Waals surface area contributed by atoms with E-state index in [0.29, 0.717) is 5.06 Å². The van der Waals surface area contributed by atoms with Gasteiger partial charge in [0.1, 0.15) is 18.2 Å². The van der Waals surface area contributed by atoms with Gasteiger partial charge in [-0.2, -0.15) is 0 Å². The lowest BCUT2D eigenvalue weighted by Gasteiger charge is -2.22. The number of hydrogen-bond acceptors (Lipinski definition) is 8. The molecular weight excluding hydrogens is 492 g/mol. The molecule has 1 aliphatic heterocycles. The minimum atomic E-state index is -1.36. The molecule has 2 aromatic rings. The molecule has 0 unspecified atom stereocenters. The topological polar surface area (TPSA) is 128 Å². The second-order valence-electron chi connectivity index (χ2n) is 10.1. The Kier molecular flexibility index (Phi) is 7.80. The summed E-state index contributed by atoms with van der Waals surface area (Å²) in [5.74, 6) is -3.16. The highest BCUT2D eigenvalue weighted by atomic mass is 16.7. The molecule has 10 heteroatoms. The molecule has 0 aromatic heterocycles. The van der Waals surface area contributed by atoms with Gasteiger partial charge in [-0.05, 0) is 49.4 Å². The second-order valence-corrected chi connectivity index (χ2v) is 10.1. The van der Waals surface area contributed by atoms with Gasteiger partial charge in [0.25, 0.3) is 11.8 Å². The van der Waals surface area contributed by atoms with Crippen molar-refractivity contribution < 1.29 is 38.3 Å². The first-order valence-electron chi connectivity index (χ1n) is 12.4. The lowest BCUT2D eigenvalue weighted by molar-refractivity contribution is -0.199. The zero-order valence-corrected chi connectivity index (χ0v) is 21.5. The van der Waals surface area contributed by atoms with Crippen LogP contribution < -0.4 is 5.32 Å². The van der Waals surface area contributed by atoms with Crippen LogP contribution in [0.4, 0.5) is 4.79 Å². The molecule has 1 N–H and O–H groups in total. The first kappa shape index (κ1) is 26.8. The Labute approximate surface area is 220 Å². The standard InChI is InChI=1S/C28H30N2O8/c1-28(2,3)37-25(33)15-12-22(26(34)38-30-23(31)13-14-24(30)32)29-27(35)36-16-21-19-10-6-4-8-17(19)18-9-5-7-11-20(18)21/h4-11,21-22H,12-16H2,1-3H3,(H,29,35)/t22-/m1/s1. The van der Waals surface area contributed by atoms with Crippen LogP contribution in [0.25, 0.3) is 11.1 Å². The molecule has 1 aliphatic carbocycles. The lowest BCUT2D eigenvalue weighted by atomic mass is 9.98. The molecular formula is C28H30N2O8. The van der Waals surface area contributed by atoms with E-state index in [1.807, 2.05) is 48.5 Å². The molecule has 1 atom stereocenters. The number of alkyl carbamates (subject to hydrolysis) is 1. The van der Waals surface area contributed by atoms with Crippen molar-refractivity contribution in [3.05, 3.63) is 59.7 Å². The molecule has 0 spiro atoms. The lowest BCUT2D eigenvalue weighted by Crippen LogP contribution is -2.46. The van der Waals surface area contributed by atoms with Gasteiger partial charge in [0.2, 0.25) is 0 Å². The summed E-state index contributed by atoms with van der Waals surface area (Å²) >= 11 is 0. The molecule has 3 amide bonds. The van der Waals surface area contributed by atoms with E-state index < -0.39 is 41.5 Å². The third kappa shape index (κ3) is 6.19. The first-order valence-corrected chi connectivity index (χ1v) is 12.4. The van der Waals surface area contributed by atoms with Crippen LogP contribution in [0.15, 0.2) is 48.5 Å². The smallest absolute Gasteiger partial charge is 0.407 e. The van der Waals surface area contributed by atoms with E-state index in [0.717, 1.165) is 22.3 Å². The molecule has 0 bridgehead atoms. The fraction of sp³-hybridized carbons (Fsp3) is 0.393. The van der Waals surface area contributed by atoms with Gasteiger partial charge in [0.05, 0.1) is 0 Å². The number of nitrogens with zero attached hydrogens (tertiary/aromatic N) is 1. The Balaban J connectivity index is 1.42. The van der Waals surface area contributed by atoms with E-state index in [9.17, 15) is 24.0 Å². The normalized spacial score (nSPS) is 15.5. The molecule has 1 heterocycles. The number of benzene rings is 2. The summed E-state index contributed by atoms with van der Waals surface area (Å²) in [5.41, 5.74) is 3.44. The third-order valence-electron chi connectivity index (χ3n) is 6.16. The Morgan fingerprint density at radius 3 is 2.05 bits per heavy atom. The van der Waals surface area contributed by atoms with Crippen LogP contribution in [0.1, 0.15) is 63.5 Å².